The number of pyridine rings is 2. The van der Waals surface area contributed by atoms with Gasteiger partial charge in [0.25, 0.3) is 5.56 Å². The van der Waals surface area contributed by atoms with Crippen molar-refractivity contribution in [3.05, 3.63) is 51.3 Å². The van der Waals surface area contributed by atoms with E-state index in [9.17, 15) is 19.2 Å². The van der Waals surface area contributed by atoms with Gasteiger partial charge in [0.05, 0.1) is 58.7 Å². The second-order valence-corrected chi connectivity index (χ2v) is 13.8. The highest BCUT2D eigenvalue weighted by molar-refractivity contribution is 6.11. The minimum absolute atomic E-state index is 0.0922. The van der Waals surface area contributed by atoms with Gasteiger partial charge in [0.2, 0.25) is 0 Å². The van der Waals surface area contributed by atoms with Gasteiger partial charge in [-0.15, -0.1) is 0 Å². The van der Waals surface area contributed by atoms with Gasteiger partial charge in [-0.3, -0.25) is 14.5 Å². The molecule has 4 heterocycles. The number of nitrogens with one attached hydrogen (secondary N) is 1. The van der Waals surface area contributed by atoms with Crippen LogP contribution in [0, 0.1) is 0 Å². The first kappa shape index (κ1) is 36.5. The smallest absolute Gasteiger partial charge is 0.407 e. The Labute approximate surface area is 292 Å². The SMILES string of the molecule is CCCCCN1C=Nc2cccc3nc4c(c1c23)Cn1c-4cc(CCC)c(COC(=O)COC(=O)CN(C)CCNC(=O)OC(C)(C)C)c1=O. The Kier molecular flexibility index (Phi) is 11.6. The first-order valence-electron chi connectivity index (χ1n) is 17.4. The molecule has 0 spiro atoms. The van der Waals surface area contributed by atoms with Gasteiger partial charge in [0.1, 0.15) is 12.2 Å². The molecule has 13 heteroatoms. The van der Waals surface area contributed by atoms with Crippen molar-refractivity contribution in [2.24, 2.45) is 4.99 Å². The highest BCUT2D eigenvalue weighted by atomic mass is 16.6. The summed E-state index contributed by atoms with van der Waals surface area (Å²) in [6, 6.07) is 7.93. The van der Waals surface area contributed by atoms with Crippen LogP contribution < -0.4 is 15.8 Å². The van der Waals surface area contributed by atoms with Crippen molar-refractivity contribution in [2.45, 2.75) is 85.5 Å². The average molecular weight is 689 g/mol. The van der Waals surface area contributed by atoms with Gasteiger partial charge in [-0.1, -0.05) is 39.2 Å². The van der Waals surface area contributed by atoms with Crippen LogP contribution >= 0.6 is 0 Å². The van der Waals surface area contributed by atoms with Crippen molar-refractivity contribution in [3.8, 4) is 11.4 Å². The summed E-state index contributed by atoms with van der Waals surface area (Å²) in [4.78, 5) is 64.5. The Balaban J connectivity index is 1.25. The number of carbonyl (C=O) groups excluding carboxylic acids is 3. The Morgan fingerprint density at radius 3 is 2.60 bits per heavy atom. The number of amides is 1. The van der Waals surface area contributed by atoms with Gasteiger partial charge in [0, 0.05) is 25.2 Å². The molecule has 0 unspecified atom stereocenters. The number of anilines is 1. The number of nitrogens with zero attached hydrogens (tertiary/aromatic N) is 5. The van der Waals surface area contributed by atoms with E-state index in [-0.39, 0.29) is 25.3 Å². The van der Waals surface area contributed by atoms with Gasteiger partial charge in [-0.05, 0) is 64.4 Å². The largest absolute Gasteiger partial charge is 0.458 e. The summed E-state index contributed by atoms with van der Waals surface area (Å²) < 4.78 is 17.5. The molecule has 2 aliphatic rings. The fourth-order valence-corrected chi connectivity index (χ4v) is 6.23. The lowest BCUT2D eigenvalue weighted by Gasteiger charge is -2.27. The zero-order valence-corrected chi connectivity index (χ0v) is 30.0. The van der Waals surface area contributed by atoms with Gasteiger partial charge >= 0.3 is 18.0 Å². The Morgan fingerprint density at radius 1 is 1.06 bits per heavy atom. The van der Waals surface area contributed by atoms with Crippen molar-refractivity contribution in [3.63, 3.8) is 0 Å². The molecule has 0 bridgehead atoms. The third kappa shape index (κ3) is 8.50. The second-order valence-electron chi connectivity index (χ2n) is 13.8. The molecule has 1 aromatic carbocycles. The first-order valence-corrected chi connectivity index (χ1v) is 17.4. The molecular weight excluding hydrogens is 640 g/mol. The van der Waals surface area contributed by atoms with Crippen LogP contribution in [-0.4, -0.2) is 84.3 Å². The van der Waals surface area contributed by atoms with E-state index in [1.807, 2.05) is 37.5 Å². The predicted octanol–water partition coefficient (Wildman–Crippen LogP) is 5.09. The minimum Gasteiger partial charge on any atom is -0.458 e. The first-order chi connectivity index (χ1) is 23.9. The number of alkyl carbamates (subject to hydrolysis) is 1. The number of fused-ring (bicyclic) bond motifs is 4. The lowest BCUT2D eigenvalue weighted by atomic mass is 10.0. The van der Waals surface area contributed by atoms with E-state index in [1.165, 1.54) is 0 Å². The average Bonchev–Trinajstić information content (AvgIpc) is 3.42. The number of hydrogen-bond donors (Lipinski definition) is 1. The molecule has 0 fully saturated rings. The maximum atomic E-state index is 14.1. The summed E-state index contributed by atoms with van der Waals surface area (Å²) in [5, 5.41) is 3.62. The number of carbonyl (C=O) groups is 3. The summed E-state index contributed by atoms with van der Waals surface area (Å²) in [7, 11) is 1.69. The van der Waals surface area contributed by atoms with E-state index >= 15 is 0 Å². The fraction of sp³-hybridized carbons (Fsp3) is 0.514. The van der Waals surface area contributed by atoms with E-state index in [2.05, 4.69) is 17.1 Å². The molecule has 0 aliphatic carbocycles. The molecule has 0 atom stereocenters. The van der Waals surface area contributed by atoms with E-state index < -0.39 is 30.2 Å². The fourth-order valence-electron chi connectivity index (χ4n) is 6.23. The van der Waals surface area contributed by atoms with Crippen molar-refractivity contribution < 1.29 is 28.6 Å². The molecule has 5 rings (SSSR count). The molecular formula is C37H48N6O7. The summed E-state index contributed by atoms with van der Waals surface area (Å²) in [6.07, 6.45) is 5.99. The summed E-state index contributed by atoms with van der Waals surface area (Å²) >= 11 is 0. The molecule has 0 saturated heterocycles. The zero-order chi connectivity index (χ0) is 36.0. The van der Waals surface area contributed by atoms with Crippen LogP contribution in [0.25, 0.3) is 22.3 Å². The summed E-state index contributed by atoms with van der Waals surface area (Å²) in [5.74, 6) is -1.38. The number of aromatic nitrogens is 2. The normalized spacial score (nSPS) is 13.0. The minimum atomic E-state index is -0.755. The zero-order valence-electron chi connectivity index (χ0n) is 30.0. The molecule has 50 heavy (non-hydrogen) atoms. The number of unbranched alkanes of at least 4 members (excludes halogenated alkanes) is 2. The van der Waals surface area contributed by atoms with E-state index in [0.717, 1.165) is 77.0 Å². The lowest BCUT2D eigenvalue weighted by Crippen LogP contribution is -2.38. The number of aliphatic imine (C=N–C) groups is 1. The van der Waals surface area contributed by atoms with Crippen LogP contribution in [0.1, 0.15) is 77.0 Å². The molecule has 1 N–H and O–H groups in total. The standard InChI is InChI=1S/C37H48N6O7/c1-7-9-10-16-42-23-39-27-13-11-14-28-32(27)34(42)25-19-43-29(33(25)40-28)18-24(12-8-2)26(35(43)46)21-48-31(45)22-49-30(44)20-41(6)17-15-38-36(47)50-37(3,4)5/h11,13-14,18,23H,7-10,12,15-17,19-22H2,1-6H3,(H,38,47). The number of aryl methyl sites for hydroxylation is 1. The maximum Gasteiger partial charge on any atom is 0.407 e. The highest BCUT2D eigenvalue weighted by Crippen LogP contribution is 2.45. The number of benzene rings is 1. The Bertz CT molecular complexity index is 1840. The number of likely N-dealkylation sites (N-methyl/N-ethyl adjacent to an activating group) is 1. The van der Waals surface area contributed by atoms with Gasteiger partial charge < -0.3 is 29.0 Å². The van der Waals surface area contributed by atoms with E-state index in [1.54, 1.807) is 37.3 Å². The number of rotatable bonds is 15. The van der Waals surface area contributed by atoms with Crippen LogP contribution in [-0.2, 0) is 43.4 Å². The van der Waals surface area contributed by atoms with Gasteiger partial charge in [0.15, 0.2) is 6.61 Å². The van der Waals surface area contributed by atoms with Crippen LogP contribution in [0.3, 0.4) is 0 Å². The summed E-state index contributed by atoms with van der Waals surface area (Å²) in [5.41, 5.74) is 5.64. The van der Waals surface area contributed by atoms with Gasteiger partial charge in [-0.2, -0.15) is 0 Å². The van der Waals surface area contributed by atoms with E-state index in [4.69, 9.17) is 24.2 Å². The maximum absolute atomic E-state index is 14.1. The molecule has 3 aromatic rings. The molecule has 2 aliphatic heterocycles. The van der Waals surface area contributed by atoms with Crippen LogP contribution in [0.2, 0.25) is 0 Å². The topological polar surface area (TPSA) is 145 Å². The van der Waals surface area contributed by atoms with Crippen LogP contribution in [0.4, 0.5) is 16.2 Å². The third-order valence-electron chi connectivity index (χ3n) is 8.55. The third-order valence-corrected chi connectivity index (χ3v) is 8.55. The number of hydrogen-bond acceptors (Lipinski definition) is 11. The van der Waals surface area contributed by atoms with Crippen molar-refractivity contribution >= 4 is 46.6 Å². The van der Waals surface area contributed by atoms with Gasteiger partial charge in [-0.25, -0.2) is 19.6 Å². The number of esters is 2. The Morgan fingerprint density at radius 2 is 1.86 bits per heavy atom. The van der Waals surface area contributed by atoms with Crippen molar-refractivity contribution in [1.29, 1.82) is 0 Å². The molecule has 2 aromatic heterocycles. The monoisotopic (exact) mass is 688 g/mol. The molecule has 1 amide bonds. The highest BCUT2D eigenvalue weighted by Gasteiger charge is 2.32. The molecule has 0 radical (unpaired) electrons. The number of ether oxygens (including phenoxy) is 3. The second kappa shape index (κ2) is 15.8. The Hall–Kier alpha value is -4.78. The quantitative estimate of drug-likeness (QED) is 0.102. The van der Waals surface area contributed by atoms with Crippen molar-refractivity contribution in [2.75, 3.05) is 44.7 Å². The predicted molar refractivity (Wildman–Crippen MR) is 192 cm³/mol. The summed E-state index contributed by atoms with van der Waals surface area (Å²) in [6.45, 7) is 10.4. The van der Waals surface area contributed by atoms with Crippen LogP contribution in [0.5, 0.6) is 0 Å². The van der Waals surface area contributed by atoms with Crippen LogP contribution in [0.15, 0.2) is 34.1 Å². The molecule has 268 valence electrons. The van der Waals surface area contributed by atoms with Crippen molar-refractivity contribution in [1.82, 2.24) is 19.8 Å². The molecule has 13 nitrogen and oxygen atoms in total. The molecule has 0 saturated carbocycles. The lowest BCUT2D eigenvalue weighted by molar-refractivity contribution is -0.160. The van der Waals surface area contributed by atoms with E-state index in [0.29, 0.717) is 25.1 Å².